The Morgan fingerprint density at radius 2 is 2.28 bits per heavy atom. The fraction of sp³-hybridized carbons (Fsp3) is 0.545. The molecule has 1 N–H and O–H groups in total. The molecular formula is C11H13F3N2OS. The number of aromatic nitrogens is 1. The van der Waals surface area contributed by atoms with E-state index < -0.39 is 11.9 Å². The van der Waals surface area contributed by atoms with Crippen molar-refractivity contribution in [3.8, 4) is 0 Å². The van der Waals surface area contributed by atoms with Gasteiger partial charge < -0.3 is 10.1 Å². The summed E-state index contributed by atoms with van der Waals surface area (Å²) in [7, 11) is 0. The third-order valence-electron chi connectivity index (χ3n) is 2.57. The summed E-state index contributed by atoms with van der Waals surface area (Å²) in [4.78, 5) is 3.50. The summed E-state index contributed by atoms with van der Waals surface area (Å²) in [5.41, 5.74) is 0.446. The minimum atomic E-state index is -4.36. The van der Waals surface area contributed by atoms with E-state index in [2.05, 4.69) is 10.3 Å². The lowest BCUT2D eigenvalue weighted by atomic mass is 10.1. The van der Waals surface area contributed by atoms with Crippen molar-refractivity contribution in [2.24, 2.45) is 0 Å². The summed E-state index contributed by atoms with van der Waals surface area (Å²) in [6.07, 6.45) is -0.633. The van der Waals surface area contributed by atoms with Gasteiger partial charge in [-0.25, -0.2) is 4.98 Å². The van der Waals surface area contributed by atoms with E-state index in [1.54, 1.807) is 0 Å². The standard InChI is InChI=1S/C11H13F3N2OS/c12-11(13,14)9-7-18-10(16-9)15-4-1-8-2-5-17-6-3-8/h2,7H,1,3-6H2,(H,15,16). The van der Waals surface area contributed by atoms with Crippen LogP contribution < -0.4 is 5.32 Å². The molecule has 0 aromatic carbocycles. The molecule has 0 saturated carbocycles. The molecule has 2 heterocycles. The Morgan fingerprint density at radius 3 is 2.89 bits per heavy atom. The van der Waals surface area contributed by atoms with Crippen LogP contribution in [0.1, 0.15) is 18.5 Å². The molecule has 1 aromatic heterocycles. The van der Waals surface area contributed by atoms with Crippen LogP contribution in [0.25, 0.3) is 0 Å². The second-order valence-electron chi connectivity index (χ2n) is 3.90. The van der Waals surface area contributed by atoms with Crippen LogP contribution in [0.15, 0.2) is 17.0 Å². The molecule has 0 atom stereocenters. The lowest BCUT2D eigenvalue weighted by Crippen LogP contribution is -2.09. The molecule has 0 saturated heterocycles. The third-order valence-corrected chi connectivity index (χ3v) is 3.37. The number of hydrogen-bond donors (Lipinski definition) is 1. The minimum absolute atomic E-state index is 0.315. The summed E-state index contributed by atoms with van der Waals surface area (Å²) < 4.78 is 42.1. The zero-order valence-electron chi connectivity index (χ0n) is 9.59. The van der Waals surface area contributed by atoms with E-state index in [4.69, 9.17) is 4.74 Å². The first-order valence-corrected chi connectivity index (χ1v) is 6.46. The highest BCUT2D eigenvalue weighted by Crippen LogP contribution is 2.31. The Labute approximate surface area is 107 Å². The molecular weight excluding hydrogens is 265 g/mol. The molecule has 0 unspecified atom stereocenters. The molecule has 0 aliphatic carbocycles. The Balaban J connectivity index is 1.80. The van der Waals surface area contributed by atoms with Gasteiger partial charge in [0.2, 0.25) is 0 Å². The summed E-state index contributed by atoms with van der Waals surface area (Å²) >= 11 is 0.977. The highest BCUT2D eigenvalue weighted by atomic mass is 32.1. The van der Waals surface area contributed by atoms with E-state index in [0.29, 0.717) is 18.3 Å². The second kappa shape index (κ2) is 5.71. The average molecular weight is 278 g/mol. The number of rotatable bonds is 4. The van der Waals surface area contributed by atoms with Gasteiger partial charge in [-0.2, -0.15) is 13.2 Å². The van der Waals surface area contributed by atoms with E-state index in [0.717, 1.165) is 36.2 Å². The number of nitrogens with one attached hydrogen (secondary N) is 1. The van der Waals surface area contributed by atoms with Crippen LogP contribution in [0.4, 0.5) is 18.3 Å². The SMILES string of the molecule is FC(F)(F)c1csc(NCCC2=CCOCC2)n1. The largest absolute Gasteiger partial charge is 0.434 e. The van der Waals surface area contributed by atoms with Crippen molar-refractivity contribution < 1.29 is 17.9 Å². The molecule has 1 aliphatic rings. The van der Waals surface area contributed by atoms with Gasteiger partial charge in [0.25, 0.3) is 0 Å². The van der Waals surface area contributed by atoms with Crippen molar-refractivity contribution in [2.45, 2.75) is 19.0 Å². The minimum Gasteiger partial charge on any atom is -0.377 e. The molecule has 2 rings (SSSR count). The maximum Gasteiger partial charge on any atom is 0.434 e. The zero-order chi connectivity index (χ0) is 13.0. The maximum atomic E-state index is 12.3. The number of anilines is 1. The van der Waals surface area contributed by atoms with Crippen LogP contribution in [0.5, 0.6) is 0 Å². The summed E-state index contributed by atoms with van der Waals surface area (Å²) in [6, 6.07) is 0. The fourth-order valence-electron chi connectivity index (χ4n) is 1.61. The second-order valence-corrected chi connectivity index (χ2v) is 4.76. The smallest absolute Gasteiger partial charge is 0.377 e. The van der Waals surface area contributed by atoms with Gasteiger partial charge in [-0.15, -0.1) is 11.3 Å². The molecule has 3 nitrogen and oxygen atoms in total. The molecule has 1 aliphatic heterocycles. The quantitative estimate of drug-likeness (QED) is 0.858. The van der Waals surface area contributed by atoms with E-state index >= 15 is 0 Å². The number of nitrogens with zero attached hydrogens (tertiary/aromatic N) is 1. The first kappa shape index (κ1) is 13.4. The molecule has 0 bridgehead atoms. The molecule has 0 amide bonds. The monoisotopic (exact) mass is 278 g/mol. The van der Waals surface area contributed by atoms with E-state index in [1.165, 1.54) is 5.57 Å². The van der Waals surface area contributed by atoms with Gasteiger partial charge in [0.1, 0.15) is 0 Å². The van der Waals surface area contributed by atoms with Crippen LogP contribution in [-0.2, 0) is 10.9 Å². The predicted molar refractivity (Wildman–Crippen MR) is 63.7 cm³/mol. The van der Waals surface area contributed by atoms with Gasteiger partial charge in [0.05, 0.1) is 13.2 Å². The number of halogens is 3. The normalized spacial score (nSPS) is 16.5. The van der Waals surface area contributed by atoms with Gasteiger partial charge in [-0.1, -0.05) is 11.6 Å². The van der Waals surface area contributed by atoms with Crippen LogP contribution in [-0.4, -0.2) is 24.7 Å². The van der Waals surface area contributed by atoms with Crippen LogP contribution >= 0.6 is 11.3 Å². The van der Waals surface area contributed by atoms with E-state index in [1.807, 2.05) is 6.08 Å². The van der Waals surface area contributed by atoms with Gasteiger partial charge in [-0.3, -0.25) is 0 Å². The molecule has 0 spiro atoms. The Kier molecular flexibility index (Phi) is 4.23. The Hall–Kier alpha value is -1.08. The number of thiazole rings is 1. The van der Waals surface area contributed by atoms with Gasteiger partial charge >= 0.3 is 6.18 Å². The van der Waals surface area contributed by atoms with Crippen molar-refractivity contribution in [1.82, 2.24) is 4.98 Å². The average Bonchev–Trinajstić information content (AvgIpc) is 2.79. The van der Waals surface area contributed by atoms with Crippen molar-refractivity contribution >= 4 is 16.5 Å². The molecule has 1 aromatic rings. The summed E-state index contributed by atoms with van der Waals surface area (Å²) in [6.45, 7) is 1.95. The number of ether oxygens (including phenoxy) is 1. The van der Waals surface area contributed by atoms with Crippen LogP contribution in [0.2, 0.25) is 0 Å². The molecule has 100 valence electrons. The fourth-order valence-corrected chi connectivity index (χ4v) is 2.35. The van der Waals surface area contributed by atoms with Crippen LogP contribution in [0, 0.1) is 0 Å². The molecule has 18 heavy (non-hydrogen) atoms. The number of alkyl halides is 3. The first-order valence-electron chi connectivity index (χ1n) is 5.58. The highest BCUT2D eigenvalue weighted by Gasteiger charge is 2.33. The lowest BCUT2D eigenvalue weighted by molar-refractivity contribution is -0.140. The predicted octanol–water partition coefficient (Wildman–Crippen LogP) is 3.31. The molecule has 0 fully saturated rings. The van der Waals surface area contributed by atoms with E-state index in [9.17, 15) is 13.2 Å². The third kappa shape index (κ3) is 3.71. The highest BCUT2D eigenvalue weighted by molar-refractivity contribution is 7.13. The van der Waals surface area contributed by atoms with Crippen molar-refractivity contribution in [3.05, 3.63) is 22.7 Å². The Morgan fingerprint density at radius 1 is 1.44 bits per heavy atom. The zero-order valence-corrected chi connectivity index (χ0v) is 10.4. The lowest BCUT2D eigenvalue weighted by Gasteiger charge is -2.13. The van der Waals surface area contributed by atoms with Gasteiger partial charge in [0, 0.05) is 11.9 Å². The van der Waals surface area contributed by atoms with Crippen molar-refractivity contribution in [3.63, 3.8) is 0 Å². The van der Waals surface area contributed by atoms with Gasteiger partial charge in [0.15, 0.2) is 10.8 Å². The van der Waals surface area contributed by atoms with Crippen molar-refractivity contribution in [2.75, 3.05) is 25.1 Å². The number of hydrogen-bond acceptors (Lipinski definition) is 4. The maximum absolute atomic E-state index is 12.3. The van der Waals surface area contributed by atoms with E-state index in [-0.39, 0.29) is 0 Å². The summed E-state index contributed by atoms with van der Waals surface area (Å²) in [5, 5.41) is 4.25. The molecule has 0 radical (unpaired) electrons. The van der Waals surface area contributed by atoms with Gasteiger partial charge in [-0.05, 0) is 12.8 Å². The topological polar surface area (TPSA) is 34.1 Å². The molecule has 7 heteroatoms. The van der Waals surface area contributed by atoms with Crippen LogP contribution in [0.3, 0.4) is 0 Å². The first-order chi connectivity index (χ1) is 8.55. The van der Waals surface area contributed by atoms with Crippen molar-refractivity contribution in [1.29, 1.82) is 0 Å². The Bertz CT molecular complexity index is 428. The summed E-state index contributed by atoms with van der Waals surface area (Å²) in [5.74, 6) is 0.